The zero-order valence-electron chi connectivity index (χ0n) is 14.3. The van der Waals surface area contributed by atoms with Gasteiger partial charge in [-0.05, 0) is 44.7 Å². The Morgan fingerprint density at radius 1 is 1.38 bits per heavy atom. The first kappa shape index (κ1) is 18.3. The van der Waals surface area contributed by atoms with Crippen LogP contribution in [0.3, 0.4) is 0 Å². The lowest BCUT2D eigenvalue weighted by Gasteiger charge is -2.11. The van der Waals surface area contributed by atoms with Gasteiger partial charge < -0.3 is 19.3 Å². The van der Waals surface area contributed by atoms with E-state index in [1.54, 1.807) is 19.3 Å². The summed E-state index contributed by atoms with van der Waals surface area (Å²) in [6.45, 7) is 4.47. The Balaban J connectivity index is 2.15. The lowest BCUT2D eigenvalue weighted by Crippen LogP contribution is -2.24. The van der Waals surface area contributed by atoms with E-state index in [1.807, 2.05) is 26.1 Å². The fourth-order valence-electron chi connectivity index (χ4n) is 2.08. The standard InChI is InChI=1S/C17H22ClN3O3/c1-5-23-17-13(18)9-12(10-14(17)22-4)6-7-16-20-15(21-24-16)8-11(2)19-3/h6-7,9-11,19H,5,8H2,1-4H3/b7-6+. The van der Waals surface area contributed by atoms with Crippen molar-refractivity contribution in [3.63, 3.8) is 0 Å². The average molecular weight is 352 g/mol. The van der Waals surface area contributed by atoms with Gasteiger partial charge in [-0.1, -0.05) is 16.8 Å². The molecule has 7 heteroatoms. The van der Waals surface area contributed by atoms with Gasteiger partial charge in [0.05, 0.1) is 18.7 Å². The molecule has 1 aromatic carbocycles. The number of halogens is 1. The van der Waals surface area contributed by atoms with Crippen LogP contribution in [0.25, 0.3) is 12.2 Å². The number of nitrogens with zero attached hydrogens (tertiary/aromatic N) is 2. The van der Waals surface area contributed by atoms with E-state index in [4.69, 9.17) is 25.6 Å². The summed E-state index contributed by atoms with van der Waals surface area (Å²) < 4.78 is 16.0. The third-order valence-electron chi connectivity index (χ3n) is 3.42. The zero-order valence-corrected chi connectivity index (χ0v) is 15.1. The van der Waals surface area contributed by atoms with Crippen molar-refractivity contribution in [3.05, 3.63) is 34.4 Å². The predicted molar refractivity (Wildman–Crippen MR) is 94.6 cm³/mol. The van der Waals surface area contributed by atoms with Crippen LogP contribution in [-0.4, -0.2) is 36.9 Å². The highest BCUT2D eigenvalue weighted by molar-refractivity contribution is 6.32. The SMILES string of the molecule is CCOc1c(Cl)cc(/C=C/c2nc(CC(C)NC)no2)cc1OC. The number of likely N-dealkylation sites (N-methyl/N-ethyl adjacent to an activating group) is 1. The molecule has 0 fully saturated rings. The quantitative estimate of drug-likeness (QED) is 0.785. The molecule has 0 radical (unpaired) electrons. The van der Waals surface area contributed by atoms with E-state index >= 15 is 0 Å². The Labute approximate surface area is 146 Å². The van der Waals surface area contributed by atoms with Crippen molar-refractivity contribution in [3.8, 4) is 11.5 Å². The van der Waals surface area contributed by atoms with E-state index in [2.05, 4.69) is 22.4 Å². The molecule has 24 heavy (non-hydrogen) atoms. The molecule has 0 aliphatic heterocycles. The second kappa shape index (κ2) is 8.70. The van der Waals surface area contributed by atoms with E-state index in [-0.39, 0.29) is 6.04 Å². The van der Waals surface area contributed by atoms with E-state index in [0.29, 0.717) is 41.3 Å². The molecule has 130 valence electrons. The van der Waals surface area contributed by atoms with Crippen LogP contribution in [0.1, 0.15) is 31.1 Å². The van der Waals surface area contributed by atoms with Crippen LogP contribution in [0.15, 0.2) is 16.7 Å². The van der Waals surface area contributed by atoms with E-state index in [9.17, 15) is 0 Å². The van der Waals surface area contributed by atoms with Crippen molar-refractivity contribution in [2.75, 3.05) is 20.8 Å². The summed E-state index contributed by atoms with van der Waals surface area (Å²) in [6, 6.07) is 3.92. The molecule has 2 aromatic rings. The molecular weight excluding hydrogens is 330 g/mol. The fraction of sp³-hybridized carbons (Fsp3) is 0.412. The molecule has 0 amide bonds. The Hall–Kier alpha value is -2.05. The van der Waals surface area contributed by atoms with E-state index < -0.39 is 0 Å². The van der Waals surface area contributed by atoms with Gasteiger partial charge >= 0.3 is 0 Å². The van der Waals surface area contributed by atoms with Gasteiger partial charge in [-0.3, -0.25) is 0 Å². The van der Waals surface area contributed by atoms with Crippen LogP contribution in [-0.2, 0) is 6.42 Å². The first-order valence-corrected chi connectivity index (χ1v) is 8.13. The Bertz CT molecular complexity index is 700. The Kier molecular flexibility index (Phi) is 6.63. The molecule has 1 aromatic heterocycles. The molecule has 0 aliphatic rings. The molecule has 1 N–H and O–H groups in total. The summed E-state index contributed by atoms with van der Waals surface area (Å²) in [5, 5.41) is 7.58. The van der Waals surface area contributed by atoms with E-state index in [1.165, 1.54) is 0 Å². The molecule has 0 saturated carbocycles. The molecule has 2 rings (SSSR count). The van der Waals surface area contributed by atoms with Gasteiger partial charge in [0.25, 0.3) is 5.89 Å². The molecule has 6 nitrogen and oxygen atoms in total. The second-order valence-electron chi connectivity index (χ2n) is 5.24. The zero-order chi connectivity index (χ0) is 17.5. The lowest BCUT2D eigenvalue weighted by molar-refractivity contribution is 0.311. The molecule has 0 saturated heterocycles. The normalized spacial score (nSPS) is 12.5. The number of hydrogen-bond donors (Lipinski definition) is 1. The average Bonchev–Trinajstić information content (AvgIpc) is 3.02. The fourth-order valence-corrected chi connectivity index (χ4v) is 2.36. The van der Waals surface area contributed by atoms with Crippen LogP contribution in [0.5, 0.6) is 11.5 Å². The largest absolute Gasteiger partial charge is 0.493 e. The molecule has 0 bridgehead atoms. The number of benzene rings is 1. The third kappa shape index (κ3) is 4.72. The van der Waals surface area contributed by atoms with Gasteiger partial charge in [-0.15, -0.1) is 0 Å². The third-order valence-corrected chi connectivity index (χ3v) is 3.70. The summed E-state index contributed by atoms with van der Waals surface area (Å²) >= 11 is 6.25. The van der Waals surface area contributed by atoms with Gasteiger partial charge in [0.1, 0.15) is 0 Å². The maximum absolute atomic E-state index is 6.25. The molecule has 0 spiro atoms. The van der Waals surface area contributed by atoms with Crippen LogP contribution in [0.2, 0.25) is 5.02 Å². The summed E-state index contributed by atoms with van der Waals surface area (Å²) in [7, 11) is 3.48. The first-order valence-electron chi connectivity index (χ1n) is 7.75. The number of methoxy groups -OCH3 is 1. The predicted octanol–water partition coefficient (Wildman–Crippen LogP) is 3.45. The topological polar surface area (TPSA) is 69.4 Å². The number of hydrogen-bond acceptors (Lipinski definition) is 6. The van der Waals surface area contributed by atoms with Gasteiger partial charge in [0.2, 0.25) is 0 Å². The van der Waals surface area contributed by atoms with Gasteiger partial charge in [-0.25, -0.2) is 0 Å². The van der Waals surface area contributed by atoms with Gasteiger partial charge in [-0.2, -0.15) is 4.98 Å². The van der Waals surface area contributed by atoms with Crippen LogP contribution in [0, 0.1) is 0 Å². The molecule has 1 atom stereocenters. The van der Waals surface area contributed by atoms with Crippen molar-refractivity contribution in [1.82, 2.24) is 15.5 Å². The summed E-state index contributed by atoms with van der Waals surface area (Å²) in [5.74, 6) is 2.23. The van der Waals surface area contributed by atoms with Crippen molar-refractivity contribution < 1.29 is 14.0 Å². The summed E-state index contributed by atoms with van der Waals surface area (Å²) in [6.07, 6.45) is 4.28. The number of aromatic nitrogens is 2. The van der Waals surface area contributed by atoms with Crippen LogP contribution in [0.4, 0.5) is 0 Å². The number of rotatable bonds is 8. The first-order chi connectivity index (χ1) is 11.6. The minimum absolute atomic E-state index is 0.286. The smallest absolute Gasteiger partial charge is 0.250 e. The van der Waals surface area contributed by atoms with Crippen LogP contribution >= 0.6 is 11.6 Å². The van der Waals surface area contributed by atoms with Crippen molar-refractivity contribution in [2.24, 2.45) is 0 Å². The monoisotopic (exact) mass is 351 g/mol. The van der Waals surface area contributed by atoms with Crippen molar-refractivity contribution in [1.29, 1.82) is 0 Å². The number of nitrogens with one attached hydrogen (secondary N) is 1. The molecule has 0 aliphatic carbocycles. The van der Waals surface area contributed by atoms with Gasteiger partial charge in [0, 0.05) is 18.5 Å². The maximum Gasteiger partial charge on any atom is 0.250 e. The minimum Gasteiger partial charge on any atom is -0.493 e. The molecular formula is C17H22ClN3O3. The number of ether oxygens (including phenoxy) is 2. The highest BCUT2D eigenvalue weighted by Crippen LogP contribution is 2.36. The van der Waals surface area contributed by atoms with Crippen molar-refractivity contribution >= 4 is 23.8 Å². The second-order valence-corrected chi connectivity index (χ2v) is 5.65. The highest BCUT2D eigenvalue weighted by atomic mass is 35.5. The summed E-state index contributed by atoms with van der Waals surface area (Å²) in [4.78, 5) is 4.33. The van der Waals surface area contributed by atoms with Crippen LogP contribution < -0.4 is 14.8 Å². The molecule has 1 unspecified atom stereocenters. The van der Waals surface area contributed by atoms with Gasteiger partial charge in [0.15, 0.2) is 17.3 Å². The minimum atomic E-state index is 0.286. The summed E-state index contributed by atoms with van der Waals surface area (Å²) in [5.41, 5.74) is 0.851. The Morgan fingerprint density at radius 2 is 2.17 bits per heavy atom. The van der Waals surface area contributed by atoms with E-state index in [0.717, 1.165) is 5.56 Å². The highest BCUT2D eigenvalue weighted by Gasteiger charge is 2.11. The lowest BCUT2D eigenvalue weighted by atomic mass is 10.2. The van der Waals surface area contributed by atoms with Crippen molar-refractivity contribution in [2.45, 2.75) is 26.3 Å². The maximum atomic E-state index is 6.25. The Morgan fingerprint density at radius 3 is 2.83 bits per heavy atom. The molecule has 1 heterocycles.